The Morgan fingerprint density at radius 2 is 2.16 bits per heavy atom. The highest BCUT2D eigenvalue weighted by atomic mass is 16.5. The minimum Gasteiger partial charge on any atom is -0.497 e. The van der Waals surface area contributed by atoms with Crippen LogP contribution in [-0.4, -0.2) is 36.7 Å². The minimum absolute atomic E-state index is 0.0229. The molecule has 0 aromatic heterocycles. The molecule has 0 bridgehead atoms. The predicted molar refractivity (Wildman–Crippen MR) is 65.5 cm³/mol. The van der Waals surface area contributed by atoms with E-state index in [-0.39, 0.29) is 30.1 Å². The van der Waals surface area contributed by atoms with Gasteiger partial charge in [0, 0.05) is 19.0 Å². The lowest BCUT2D eigenvalue weighted by Crippen LogP contribution is -2.50. The number of hydrogen-bond acceptors (Lipinski definition) is 4. The van der Waals surface area contributed by atoms with E-state index in [2.05, 4.69) is 5.32 Å². The van der Waals surface area contributed by atoms with Gasteiger partial charge in [-0.15, -0.1) is 0 Å². The summed E-state index contributed by atoms with van der Waals surface area (Å²) >= 11 is 0. The van der Waals surface area contributed by atoms with Crippen LogP contribution in [0, 0.1) is 0 Å². The third-order valence-corrected chi connectivity index (χ3v) is 2.78. The summed E-state index contributed by atoms with van der Waals surface area (Å²) in [6, 6.07) is 3.69. The van der Waals surface area contributed by atoms with E-state index in [9.17, 15) is 14.4 Å². The number of nitrogens with one attached hydrogen (secondary N) is 1. The number of methoxy groups -OCH3 is 1. The molecule has 2 N–H and O–H groups in total. The number of anilines is 1. The van der Waals surface area contributed by atoms with Crippen molar-refractivity contribution in [3.05, 3.63) is 23.8 Å². The number of aromatic carboxylic acids is 1. The highest BCUT2D eigenvalue weighted by molar-refractivity contribution is 6.08. The van der Waals surface area contributed by atoms with Gasteiger partial charge in [0.05, 0.1) is 18.4 Å². The van der Waals surface area contributed by atoms with Crippen LogP contribution in [0.1, 0.15) is 16.8 Å². The molecule has 7 nitrogen and oxygen atoms in total. The molecular formula is C12H12N2O5. The summed E-state index contributed by atoms with van der Waals surface area (Å²) in [7, 11) is 1.44. The first-order valence-electron chi connectivity index (χ1n) is 5.55. The number of carboxylic acid groups (broad SMARTS) is 1. The van der Waals surface area contributed by atoms with Gasteiger partial charge in [-0.1, -0.05) is 0 Å². The fraction of sp³-hybridized carbons (Fsp3) is 0.250. The minimum atomic E-state index is -1.15. The van der Waals surface area contributed by atoms with Crippen LogP contribution in [0.2, 0.25) is 0 Å². The van der Waals surface area contributed by atoms with Crippen molar-refractivity contribution in [1.82, 2.24) is 5.32 Å². The molecule has 3 amide bonds. The zero-order chi connectivity index (χ0) is 14.0. The van der Waals surface area contributed by atoms with Crippen molar-refractivity contribution < 1.29 is 24.2 Å². The van der Waals surface area contributed by atoms with E-state index >= 15 is 0 Å². The molecule has 0 atom stereocenters. The summed E-state index contributed by atoms with van der Waals surface area (Å²) in [5.74, 6) is -1.09. The van der Waals surface area contributed by atoms with Crippen LogP contribution in [0.25, 0.3) is 0 Å². The van der Waals surface area contributed by atoms with Crippen LogP contribution in [0.5, 0.6) is 5.75 Å². The van der Waals surface area contributed by atoms with Gasteiger partial charge in [-0.3, -0.25) is 15.0 Å². The number of ether oxygens (including phenoxy) is 1. The molecule has 2 rings (SSSR count). The van der Waals surface area contributed by atoms with Gasteiger partial charge in [-0.05, 0) is 12.1 Å². The van der Waals surface area contributed by atoms with Crippen molar-refractivity contribution >= 4 is 23.6 Å². The molecule has 0 unspecified atom stereocenters. The number of rotatable bonds is 3. The van der Waals surface area contributed by atoms with E-state index in [1.165, 1.54) is 30.2 Å². The smallest absolute Gasteiger partial charge is 0.337 e. The average molecular weight is 264 g/mol. The number of urea groups is 1. The summed E-state index contributed by atoms with van der Waals surface area (Å²) in [4.78, 5) is 35.2. The molecule has 1 aliphatic rings. The van der Waals surface area contributed by atoms with Gasteiger partial charge in [0.25, 0.3) is 0 Å². The highest BCUT2D eigenvalue weighted by Crippen LogP contribution is 2.27. The lowest BCUT2D eigenvalue weighted by Gasteiger charge is -2.27. The number of benzene rings is 1. The van der Waals surface area contributed by atoms with E-state index in [1.54, 1.807) is 0 Å². The van der Waals surface area contributed by atoms with Gasteiger partial charge in [0.1, 0.15) is 5.75 Å². The Morgan fingerprint density at radius 1 is 1.42 bits per heavy atom. The Labute approximate surface area is 108 Å². The fourth-order valence-electron chi connectivity index (χ4n) is 1.84. The zero-order valence-corrected chi connectivity index (χ0v) is 10.2. The molecule has 1 aliphatic heterocycles. The number of carboxylic acids is 1. The topological polar surface area (TPSA) is 95.9 Å². The van der Waals surface area contributed by atoms with E-state index in [0.717, 1.165) is 0 Å². The average Bonchev–Trinajstić information content (AvgIpc) is 2.38. The second-order valence-corrected chi connectivity index (χ2v) is 3.94. The molecule has 1 aromatic carbocycles. The van der Waals surface area contributed by atoms with E-state index in [4.69, 9.17) is 9.84 Å². The van der Waals surface area contributed by atoms with Gasteiger partial charge in [0.15, 0.2) is 0 Å². The fourth-order valence-corrected chi connectivity index (χ4v) is 1.84. The molecule has 1 fully saturated rings. The van der Waals surface area contributed by atoms with Crippen molar-refractivity contribution in [2.45, 2.75) is 6.42 Å². The first-order valence-corrected chi connectivity index (χ1v) is 5.55. The molecule has 19 heavy (non-hydrogen) atoms. The number of amides is 3. The molecule has 1 aromatic rings. The van der Waals surface area contributed by atoms with Crippen molar-refractivity contribution in [3.63, 3.8) is 0 Å². The van der Waals surface area contributed by atoms with E-state index in [0.29, 0.717) is 5.75 Å². The van der Waals surface area contributed by atoms with Gasteiger partial charge in [0.2, 0.25) is 5.91 Å². The zero-order valence-electron chi connectivity index (χ0n) is 10.2. The standard InChI is InChI=1S/C12H12N2O5/c1-19-7-2-3-8(11(16)17)9(6-7)14-5-4-10(15)13-12(14)18/h2-3,6H,4-5H2,1H3,(H,16,17)(H,13,15,18). The predicted octanol–water partition coefficient (Wildman–Crippen LogP) is 0.840. The third kappa shape index (κ3) is 2.49. The second kappa shape index (κ2) is 4.97. The summed E-state index contributed by atoms with van der Waals surface area (Å²) in [6.45, 7) is 0.137. The van der Waals surface area contributed by atoms with Crippen LogP contribution < -0.4 is 15.0 Å². The molecule has 1 heterocycles. The van der Waals surface area contributed by atoms with Crippen LogP contribution in [0.4, 0.5) is 10.5 Å². The van der Waals surface area contributed by atoms with Gasteiger partial charge < -0.3 is 9.84 Å². The van der Waals surface area contributed by atoms with Crippen LogP contribution in [-0.2, 0) is 4.79 Å². The Balaban J connectivity index is 2.44. The highest BCUT2D eigenvalue weighted by Gasteiger charge is 2.27. The van der Waals surface area contributed by atoms with Gasteiger partial charge >= 0.3 is 12.0 Å². The second-order valence-electron chi connectivity index (χ2n) is 3.94. The first kappa shape index (κ1) is 12.9. The van der Waals surface area contributed by atoms with Crippen molar-refractivity contribution in [3.8, 4) is 5.75 Å². The monoisotopic (exact) mass is 264 g/mol. The number of nitrogens with zero attached hydrogens (tertiary/aromatic N) is 1. The molecule has 0 saturated carbocycles. The molecule has 0 spiro atoms. The third-order valence-electron chi connectivity index (χ3n) is 2.78. The molecule has 0 aliphatic carbocycles. The van der Waals surface area contributed by atoms with Gasteiger partial charge in [-0.25, -0.2) is 9.59 Å². The number of carbonyl (C=O) groups excluding carboxylic acids is 2. The lowest BCUT2D eigenvalue weighted by molar-refractivity contribution is -0.120. The van der Waals surface area contributed by atoms with Crippen LogP contribution in [0.3, 0.4) is 0 Å². The van der Waals surface area contributed by atoms with Crippen molar-refractivity contribution in [2.75, 3.05) is 18.6 Å². The Kier molecular flexibility index (Phi) is 3.37. The Bertz CT molecular complexity index is 555. The number of hydrogen-bond donors (Lipinski definition) is 2. The maximum atomic E-state index is 11.7. The van der Waals surface area contributed by atoms with Gasteiger partial charge in [-0.2, -0.15) is 0 Å². The van der Waals surface area contributed by atoms with E-state index < -0.39 is 12.0 Å². The number of carbonyl (C=O) groups is 3. The molecule has 0 radical (unpaired) electrons. The summed E-state index contributed by atoms with van der Waals surface area (Å²) in [5.41, 5.74) is 0.183. The Morgan fingerprint density at radius 3 is 2.74 bits per heavy atom. The normalized spacial score (nSPS) is 15.1. The summed E-state index contributed by atoms with van der Waals surface area (Å²) in [6.07, 6.45) is 0.127. The first-order chi connectivity index (χ1) is 9.02. The quantitative estimate of drug-likeness (QED) is 0.843. The largest absolute Gasteiger partial charge is 0.497 e. The van der Waals surface area contributed by atoms with Crippen LogP contribution >= 0.6 is 0 Å². The van der Waals surface area contributed by atoms with Crippen molar-refractivity contribution in [2.24, 2.45) is 0 Å². The number of imide groups is 1. The maximum Gasteiger partial charge on any atom is 0.337 e. The molecule has 1 saturated heterocycles. The molecule has 100 valence electrons. The molecular weight excluding hydrogens is 252 g/mol. The lowest BCUT2D eigenvalue weighted by atomic mass is 10.1. The summed E-state index contributed by atoms with van der Waals surface area (Å²) < 4.78 is 5.02. The van der Waals surface area contributed by atoms with E-state index in [1.807, 2.05) is 0 Å². The van der Waals surface area contributed by atoms with Crippen LogP contribution in [0.15, 0.2) is 18.2 Å². The Hall–Kier alpha value is -2.57. The maximum absolute atomic E-state index is 11.7. The molecule has 7 heteroatoms. The SMILES string of the molecule is COc1ccc(C(=O)O)c(N2CCC(=O)NC2=O)c1. The summed E-state index contributed by atoms with van der Waals surface area (Å²) in [5, 5.41) is 11.3. The van der Waals surface area contributed by atoms with Crippen molar-refractivity contribution in [1.29, 1.82) is 0 Å².